The number of hydrogen-bond acceptors (Lipinski definition) is 7. The Hall–Kier alpha value is -1.30. The van der Waals surface area contributed by atoms with Crippen molar-refractivity contribution in [1.82, 2.24) is 10.2 Å². The Morgan fingerprint density at radius 3 is 2.29 bits per heavy atom. The first-order valence-corrected chi connectivity index (χ1v) is 16.1. The highest BCUT2D eigenvalue weighted by Crippen LogP contribution is 2.53. The van der Waals surface area contributed by atoms with E-state index in [1.54, 1.807) is 28.4 Å². The number of nitrogens with one attached hydrogen (secondary N) is 1. The Morgan fingerprint density at radius 1 is 0.854 bits per heavy atom. The minimum absolute atomic E-state index is 0.0225. The maximum Gasteiger partial charge on any atom is 0.249 e. The lowest BCUT2D eigenvalue weighted by atomic mass is 9.64. The quantitative estimate of drug-likeness (QED) is 0.440. The molecule has 41 heavy (non-hydrogen) atoms. The first-order chi connectivity index (χ1) is 19.9. The number of rotatable bonds is 8. The summed E-state index contributed by atoms with van der Waals surface area (Å²) < 4.78 is 29.4. The van der Waals surface area contributed by atoms with Crippen molar-refractivity contribution in [2.45, 2.75) is 126 Å². The highest BCUT2D eigenvalue weighted by Gasteiger charge is 2.66. The molecule has 6 fully saturated rings. The molecule has 3 N–H and O–H groups in total. The fraction of sp³-hybridized carbons (Fsp3) is 0.935. The van der Waals surface area contributed by atoms with Gasteiger partial charge in [0, 0.05) is 52.9 Å². The lowest BCUT2D eigenvalue weighted by Crippen LogP contribution is -2.99. The number of nitrogens with two attached hydrogens (primary N) is 1. The number of piperidine rings is 2. The number of methoxy groups -OCH3 is 4. The van der Waals surface area contributed by atoms with Gasteiger partial charge in [-0.15, -0.1) is 0 Å². The van der Waals surface area contributed by atoms with E-state index in [2.05, 4.69) is 15.5 Å². The molecule has 0 aromatic carbocycles. The van der Waals surface area contributed by atoms with Crippen LogP contribution in [-0.2, 0) is 33.3 Å². The molecule has 0 bridgehead atoms. The van der Waals surface area contributed by atoms with Gasteiger partial charge in [0.05, 0.1) is 49.0 Å². The number of quaternary nitrogens is 1. The van der Waals surface area contributed by atoms with Gasteiger partial charge in [0.1, 0.15) is 12.1 Å². The van der Waals surface area contributed by atoms with Crippen molar-refractivity contribution in [3.05, 3.63) is 0 Å². The van der Waals surface area contributed by atoms with Gasteiger partial charge in [0.2, 0.25) is 11.8 Å². The summed E-state index contributed by atoms with van der Waals surface area (Å²) in [7, 11) is 6.92. The molecule has 3 heterocycles. The van der Waals surface area contributed by atoms with Gasteiger partial charge >= 0.3 is 0 Å². The summed E-state index contributed by atoms with van der Waals surface area (Å²) in [6, 6.07) is 1.02. The summed E-state index contributed by atoms with van der Waals surface area (Å²) in [4.78, 5) is 29.8. The van der Waals surface area contributed by atoms with Crippen molar-refractivity contribution in [3.63, 3.8) is 0 Å². The molecule has 0 aromatic heterocycles. The van der Waals surface area contributed by atoms with E-state index in [1.165, 1.54) is 0 Å². The van der Waals surface area contributed by atoms with Gasteiger partial charge in [-0.05, 0) is 70.1 Å². The van der Waals surface area contributed by atoms with Crippen LogP contribution in [0.5, 0.6) is 0 Å². The van der Waals surface area contributed by atoms with Gasteiger partial charge in [0.25, 0.3) is 0 Å². The van der Waals surface area contributed by atoms with Crippen LogP contribution in [0.15, 0.2) is 0 Å². The van der Waals surface area contributed by atoms with E-state index in [9.17, 15) is 9.59 Å². The SMILES string of the molecule is COC1CC(NC(=O)[C@@H](C)OC2CCC3C(C2)C2CC[NH2+]C4C5CCC(OC)C(OC)C5C(=O)N3C24)CC(OC)C1. The molecule has 232 valence electrons. The topological polar surface area (TPSA) is 112 Å². The predicted molar refractivity (Wildman–Crippen MR) is 150 cm³/mol. The van der Waals surface area contributed by atoms with Gasteiger partial charge in [-0.3, -0.25) is 9.59 Å². The van der Waals surface area contributed by atoms with Gasteiger partial charge < -0.3 is 39.2 Å². The molecule has 3 saturated heterocycles. The van der Waals surface area contributed by atoms with Crippen molar-refractivity contribution in [2.75, 3.05) is 35.0 Å². The average molecular weight is 579 g/mol. The Labute approximate surface area is 244 Å². The number of carbonyl (C=O) groups excluding carboxylic acids is 2. The Balaban J connectivity index is 1.11. The maximum absolute atomic E-state index is 14.3. The molecular formula is C31H52N3O7+. The normalized spacial score (nSPS) is 46.3. The monoisotopic (exact) mass is 578 g/mol. The van der Waals surface area contributed by atoms with Crippen LogP contribution in [0.3, 0.4) is 0 Å². The summed E-state index contributed by atoms with van der Waals surface area (Å²) in [5.41, 5.74) is 0. The van der Waals surface area contributed by atoms with Gasteiger partial charge in [0.15, 0.2) is 0 Å². The fourth-order valence-electron chi connectivity index (χ4n) is 10.0. The highest BCUT2D eigenvalue weighted by atomic mass is 16.5. The molecule has 10 nitrogen and oxygen atoms in total. The third-order valence-corrected chi connectivity index (χ3v) is 11.8. The zero-order chi connectivity index (χ0) is 28.8. The van der Waals surface area contributed by atoms with Crippen molar-refractivity contribution in [2.24, 2.45) is 23.7 Å². The van der Waals surface area contributed by atoms with E-state index in [0.29, 0.717) is 35.7 Å². The molecule has 3 aliphatic carbocycles. The standard InChI is InChI=1S/C31H51N3O7/c1-16(30(35)33-17-12-19(37-2)14-20(13-17)38-3)41-18-6-8-24-23(15-18)21-10-11-32-27-22-7-9-25(39-4)29(40-5)26(22)31(36)34(24)28(21)27/h16-29,32H,6-15H2,1-5H3,(H,33,35)/p+1/t16-,17?,18?,19?,20?,21?,22?,23?,24?,25?,26?,27?,28?,29?/m1/s1. The van der Waals surface area contributed by atoms with Crippen molar-refractivity contribution in [3.8, 4) is 0 Å². The molecular weight excluding hydrogens is 526 g/mol. The molecule has 12 unspecified atom stereocenters. The highest BCUT2D eigenvalue weighted by molar-refractivity contribution is 5.83. The number of carbonyl (C=O) groups is 2. The van der Waals surface area contributed by atoms with E-state index in [0.717, 1.165) is 64.3 Å². The summed E-state index contributed by atoms with van der Waals surface area (Å²) in [6.45, 7) is 2.99. The minimum Gasteiger partial charge on any atom is -0.381 e. The van der Waals surface area contributed by atoms with Crippen LogP contribution >= 0.6 is 0 Å². The van der Waals surface area contributed by atoms with E-state index in [4.69, 9.17) is 23.7 Å². The number of hydrogen-bond donors (Lipinski definition) is 2. The number of amides is 2. The van der Waals surface area contributed by atoms with E-state index >= 15 is 0 Å². The largest absolute Gasteiger partial charge is 0.381 e. The summed E-state index contributed by atoms with van der Waals surface area (Å²) in [5.74, 6) is 1.39. The molecule has 2 amide bonds. The van der Waals surface area contributed by atoms with Crippen LogP contribution in [0.2, 0.25) is 0 Å². The Bertz CT molecular complexity index is 941. The summed E-state index contributed by atoms with van der Waals surface area (Å²) in [6.07, 6.45) is 7.80. The third-order valence-electron chi connectivity index (χ3n) is 11.8. The van der Waals surface area contributed by atoms with E-state index < -0.39 is 6.10 Å². The molecule has 0 aromatic rings. The van der Waals surface area contributed by atoms with Crippen molar-refractivity contribution >= 4 is 11.8 Å². The minimum atomic E-state index is -0.519. The van der Waals surface area contributed by atoms with Crippen LogP contribution < -0.4 is 10.6 Å². The first-order valence-electron chi connectivity index (χ1n) is 16.1. The van der Waals surface area contributed by atoms with Gasteiger partial charge in [-0.2, -0.15) is 0 Å². The van der Waals surface area contributed by atoms with Crippen LogP contribution in [0.1, 0.15) is 64.7 Å². The Kier molecular flexibility index (Phi) is 8.97. The van der Waals surface area contributed by atoms with Crippen LogP contribution in [-0.4, -0.2) is 112 Å². The molecule has 6 aliphatic rings. The van der Waals surface area contributed by atoms with E-state index in [-0.39, 0.29) is 54.4 Å². The number of nitrogens with zero attached hydrogens (tertiary/aromatic N) is 1. The molecule has 3 aliphatic heterocycles. The van der Waals surface area contributed by atoms with Crippen LogP contribution in [0, 0.1) is 23.7 Å². The first kappa shape index (κ1) is 29.8. The molecule has 6 rings (SSSR count). The Morgan fingerprint density at radius 2 is 1.61 bits per heavy atom. The van der Waals surface area contributed by atoms with Gasteiger partial charge in [-0.25, -0.2) is 0 Å². The number of ether oxygens (including phenoxy) is 5. The van der Waals surface area contributed by atoms with Gasteiger partial charge in [-0.1, -0.05) is 0 Å². The summed E-state index contributed by atoms with van der Waals surface area (Å²) >= 11 is 0. The van der Waals surface area contributed by atoms with Crippen LogP contribution in [0.25, 0.3) is 0 Å². The molecule has 13 atom stereocenters. The second-order valence-electron chi connectivity index (χ2n) is 13.6. The second kappa shape index (κ2) is 12.4. The zero-order valence-electron chi connectivity index (χ0n) is 25.5. The smallest absolute Gasteiger partial charge is 0.249 e. The maximum atomic E-state index is 14.3. The lowest BCUT2D eigenvalue weighted by Gasteiger charge is -2.53. The van der Waals surface area contributed by atoms with Crippen molar-refractivity contribution < 1.29 is 38.6 Å². The second-order valence-corrected chi connectivity index (χ2v) is 13.6. The third kappa shape index (κ3) is 5.35. The van der Waals surface area contributed by atoms with Crippen molar-refractivity contribution in [1.29, 1.82) is 0 Å². The zero-order valence-corrected chi connectivity index (χ0v) is 25.5. The van der Waals surface area contributed by atoms with Crippen LogP contribution in [0.4, 0.5) is 0 Å². The molecule has 0 radical (unpaired) electrons. The summed E-state index contributed by atoms with van der Waals surface area (Å²) in [5, 5.41) is 5.74. The molecule has 0 spiro atoms. The van der Waals surface area contributed by atoms with E-state index in [1.807, 2.05) is 6.92 Å². The predicted octanol–water partition coefficient (Wildman–Crippen LogP) is 0.860. The molecule has 3 saturated carbocycles. The average Bonchev–Trinajstić information content (AvgIpc) is 3.33. The fourth-order valence-corrected chi connectivity index (χ4v) is 10.0. The number of fused-ring (bicyclic) bond motifs is 5. The molecule has 10 heteroatoms. The lowest BCUT2D eigenvalue weighted by molar-refractivity contribution is -0.713.